The maximum absolute atomic E-state index is 12.6. The molecule has 1 amide bonds. The van der Waals surface area contributed by atoms with Crippen molar-refractivity contribution in [3.8, 4) is 11.1 Å². The number of pyridine rings is 2. The molecule has 0 bridgehead atoms. The lowest BCUT2D eigenvalue weighted by molar-refractivity contribution is 0.102. The van der Waals surface area contributed by atoms with Gasteiger partial charge in [-0.05, 0) is 48.4 Å². The summed E-state index contributed by atoms with van der Waals surface area (Å²) in [6.07, 6.45) is 6.80. The molecular formula is C19H15N5O. The minimum atomic E-state index is -0.278. The van der Waals surface area contributed by atoms with Crippen LogP contribution in [0.15, 0.2) is 61.2 Å². The van der Waals surface area contributed by atoms with Crippen molar-refractivity contribution < 1.29 is 4.79 Å². The molecule has 0 saturated heterocycles. The number of benzene rings is 1. The van der Waals surface area contributed by atoms with Crippen LogP contribution in [0.2, 0.25) is 0 Å². The van der Waals surface area contributed by atoms with Crippen LogP contribution in [0.1, 0.15) is 16.1 Å². The highest BCUT2D eigenvalue weighted by atomic mass is 16.1. The average Bonchev–Trinajstić information content (AvgIpc) is 3.05. The number of carbonyl (C=O) groups excluding carboxylic acids is 1. The molecule has 1 aromatic carbocycles. The van der Waals surface area contributed by atoms with E-state index >= 15 is 0 Å². The van der Waals surface area contributed by atoms with Gasteiger partial charge in [0.1, 0.15) is 0 Å². The molecule has 3 aromatic heterocycles. The first-order valence-corrected chi connectivity index (χ1v) is 7.83. The highest BCUT2D eigenvalue weighted by molar-refractivity contribution is 6.11. The van der Waals surface area contributed by atoms with Crippen LogP contribution in [0.5, 0.6) is 0 Å². The normalized spacial score (nSPS) is 10.8. The fraction of sp³-hybridized carbons (Fsp3) is 0.0526. The smallest absolute Gasteiger partial charge is 0.276 e. The van der Waals surface area contributed by atoms with Crippen LogP contribution < -0.4 is 5.32 Å². The van der Waals surface area contributed by atoms with Crippen LogP contribution in [-0.2, 0) is 0 Å². The molecule has 0 saturated carbocycles. The Morgan fingerprint density at radius 3 is 2.60 bits per heavy atom. The Hall–Kier alpha value is -3.54. The fourth-order valence-corrected chi connectivity index (χ4v) is 2.81. The van der Waals surface area contributed by atoms with Crippen molar-refractivity contribution >= 4 is 22.5 Å². The van der Waals surface area contributed by atoms with Gasteiger partial charge in [-0.2, -0.15) is 5.10 Å². The predicted octanol–water partition coefficient (Wildman–Crippen LogP) is 3.58. The molecule has 3 heterocycles. The third kappa shape index (κ3) is 2.85. The van der Waals surface area contributed by atoms with Crippen molar-refractivity contribution in [2.45, 2.75) is 6.92 Å². The number of anilines is 1. The van der Waals surface area contributed by atoms with Crippen molar-refractivity contribution in [3.05, 3.63) is 72.4 Å². The second-order valence-corrected chi connectivity index (χ2v) is 5.72. The minimum Gasteiger partial charge on any atom is -0.319 e. The summed E-state index contributed by atoms with van der Waals surface area (Å²) in [6.45, 7) is 2.03. The van der Waals surface area contributed by atoms with Gasteiger partial charge in [0.15, 0.2) is 5.69 Å². The molecular weight excluding hydrogens is 314 g/mol. The summed E-state index contributed by atoms with van der Waals surface area (Å²) in [5, 5.41) is 10.7. The summed E-state index contributed by atoms with van der Waals surface area (Å²) >= 11 is 0. The van der Waals surface area contributed by atoms with Crippen LogP contribution in [0.4, 0.5) is 5.69 Å². The quantitative estimate of drug-likeness (QED) is 0.602. The van der Waals surface area contributed by atoms with Gasteiger partial charge in [0.2, 0.25) is 0 Å². The molecule has 0 aliphatic heterocycles. The minimum absolute atomic E-state index is 0.278. The lowest BCUT2D eigenvalue weighted by atomic mass is 9.99. The highest BCUT2D eigenvalue weighted by Crippen LogP contribution is 2.28. The lowest BCUT2D eigenvalue weighted by Gasteiger charge is -2.07. The SMILES string of the molecule is Cc1cc2[nH]nc(C(=O)Nc3cccnc3)c2cc1-c1cccnc1. The van der Waals surface area contributed by atoms with Crippen LogP contribution in [0.3, 0.4) is 0 Å². The Labute approximate surface area is 144 Å². The van der Waals surface area contributed by atoms with Crippen molar-refractivity contribution in [3.63, 3.8) is 0 Å². The molecule has 0 radical (unpaired) electrons. The lowest BCUT2D eigenvalue weighted by Crippen LogP contribution is -2.12. The van der Waals surface area contributed by atoms with Crippen molar-refractivity contribution in [1.29, 1.82) is 0 Å². The maximum Gasteiger partial charge on any atom is 0.276 e. The van der Waals surface area contributed by atoms with Crippen molar-refractivity contribution in [2.75, 3.05) is 5.32 Å². The summed E-state index contributed by atoms with van der Waals surface area (Å²) in [5.74, 6) is -0.278. The van der Waals surface area contributed by atoms with E-state index in [2.05, 4.69) is 25.5 Å². The topological polar surface area (TPSA) is 83.6 Å². The Morgan fingerprint density at radius 2 is 1.88 bits per heavy atom. The van der Waals surface area contributed by atoms with Gasteiger partial charge in [0.25, 0.3) is 5.91 Å². The monoisotopic (exact) mass is 329 g/mol. The maximum atomic E-state index is 12.6. The molecule has 0 aliphatic rings. The number of carbonyl (C=O) groups is 1. The molecule has 2 N–H and O–H groups in total. The molecule has 0 spiro atoms. The number of nitrogens with zero attached hydrogens (tertiary/aromatic N) is 3. The van der Waals surface area contributed by atoms with Gasteiger partial charge in [0, 0.05) is 29.5 Å². The van der Waals surface area contributed by atoms with Crippen LogP contribution >= 0.6 is 0 Å². The number of hydrogen-bond acceptors (Lipinski definition) is 4. The number of amides is 1. The third-order valence-corrected chi connectivity index (χ3v) is 4.01. The van der Waals surface area contributed by atoms with E-state index in [-0.39, 0.29) is 5.91 Å². The zero-order valence-electron chi connectivity index (χ0n) is 13.5. The number of aryl methyl sites for hydroxylation is 1. The van der Waals surface area contributed by atoms with Gasteiger partial charge in [0.05, 0.1) is 17.4 Å². The number of hydrogen-bond donors (Lipinski definition) is 2. The van der Waals surface area contributed by atoms with Gasteiger partial charge < -0.3 is 5.32 Å². The summed E-state index contributed by atoms with van der Waals surface area (Å²) in [7, 11) is 0. The summed E-state index contributed by atoms with van der Waals surface area (Å²) in [4.78, 5) is 20.8. The van der Waals surface area contributed by atoms with E-state index < -0.39 is 0 Å². The summed E-state index contributed by atoms with van der Waals surface area (Å²) < 4.78 is 0. The summed E-state index contributed by atoms with van der Waals surface area (Å²) in [6, 6.07) is 11.4. The Bertz CT molecular complexity index is 1040. The molecule has 0 atom stereocenters. The zero-order valence-corrected chi connectivity index (χ0v) is 13.5. The molecule has 0 aliphatic carbocycles. The highest BCUT2D eigenvalue weighted by Gasteiger charge is 2.16. The molecule has 122 valence electrons. The average molecular weight is 329 g/mol. The van der Waals surface area contributed by atoms with Gasteiger partial charge >= 0.3 is 0 Å². The molecule has 6 heteroatoms. The van der Waals surface area contributed by atoms with Gasteiger partial charge in [-0.3, -0.25) is 19.9 Å². The molecule has 4 rings (SSSR count). The Balaban J connectivity index is 1.77. The molecule has 25 heavy (non-hydrogen) atoms. The number of nitrogens with one attached hydrogen (secondary N) is 2. The van der Waals surface area contributed by atoms with E-state index in [9.17, 15) is 4.79 Å². The first-order chi connectivity index (χ1) is 12.2. The second kappa shape index (κ2) is 6.16. The molecule has 6 nitrogen and oxygen atoms in total. The fourth-order valence-electron chi connectivity index (χ4n) is 2.81. The van der Waals surface area contributed by atoms with E-state index in [0.29, 0.717) is 11.4 Å². The number of fused-ring (bicyclic) bond motifs is 1. The zero-order chi connectivity index (χ0) is 17.2. The first kappa shape index (κ1) is 15.0. The van der Waals surface area contributed by atoms with Crippen molar-refractivity contribution in [2.24, 2.45) is 0 Å². The standard InChI is InChI=1S/C19H15N5O/c1-12-8-17-16(9-15(12)13-4-2-6-20-10-13)18(24-23-17)19(25)22-14-5-3-7-21-11-14/h2-11H,1H3,(H,22,25)(H,23,24). The number of H-pyrrole nitrogens is 1. The molecule has 0 unspecified atom stereocenters. The van der Waals surface area contributed by atoms with Crippen LogP contribution in [0.25, 0.3) is 22.0 Å². The predicted molar refractivity (Wildman–Crippen MR) is 96.3 cm³/mol. The molecule has 4 aromatic rings. The molecule has 0 fully saturated rings. The summed E-state index contributed by atoms with van der Waals surface area (Å²) in [5.41, 5.74) is 4.91. The largest absolute Gasteiger partial charge is 0.319 e. The Morgan fingerprint density at radius 1 is 1.08 bits per heavy atom. The van der Waals surface area contributed by atoms with Gasteiger partial charge in [-0.15, -0.1) is 0 Å². The second-order valence-electron chi connectivity index (χ2n) is 5.72. The van der Waals surface area contributed by atoms with Crippen LogP contribution in [0, 0.1) is 6.92 Å². The van der Waals surface area contributed by atoms with Gasteiger partial charge in [-0.1, -0.05) is 6.07 Å². The van der Waals surface area contributed by atoms with E-state index in [0.717, 1.165) is 27.6 Å². The van der Waals surface area contributed by atoms with Crippen molar-refractivity contribution in [1.82, 2.24) is 20.2 Å². The number of aromatic nitrogens is 4. The Kier molecular flexibility index (Phi) is 3.70. The van der Waals surface area contributed by atoms with E-state index in [1.807, 2.05) is 37.4 Å². The van der Waals surface area contributed by atoms with Crippen LogP contribution in [-0.4, -0.2) is 26.1 Å². The van der Waals surface area contributed by atoms with E-state index in [1.165, 1.54) is 0 Å². The first-order valence-electron chi connectivity index (χ1n) is 7.83. The van der Waals surface area contributed by atoms with E-state index in [1.54, 1.807) is 30.7 Å². The third-order valence-electron chi connectivity index (χ3n) is 4.01. The van der Waals surface area contributed by atoms with Gasteiger partial charge in [-0.25, -0.2) is 0 Å². The number of rotatable bonds is 3. The van der Waals surface area contributed by atoms with E-state index in [4.69, 9.17) is 0 Å². The number of aromatic amines is 1.